The van der Waals surface area contributed by atoms with Crippen LogP contribution in [0.25, 0.3) is 0 Å². The summed E-state index contributed by atoms with van der Waals surface area (Å²) >= 11 is 1.57. The molecule has 0 N–H and O–H groups in total. The number of hydrogen-bond acceptors (Lipinski definition) is 2. The van der Waals surface area contributed by atoms with E-state index in [0.29, 0.717) is 5.25 Å². The quantitative estimate of drug-likeness (QED) is 0.670. The lowest BCUT2D eigenvalue weighted by Crippen LogP contribution is -2.20. The molecule has 0 amide bonds. The molecule has 1 atom stereocenters. The Morgan fingerprint density at radius 3 is 1.85 bits per heavy atom. The lowest BCUT2D eigenvalue weighted by Gasteiger charge is -2.31. The molecule has 0 aromatic carbocycles. The first-order chi connectivity index (χ1) is 5.84. The second kappa shape index (κ2) is 5.40. The molecule has 1 unspecified atom stereocenters. The molecule has 0 heterocycles. The maximum absolute atomic E-state index is 12.4. The van der Waals surface area contributed by atoms with Gasteiger partial charge in [-0.1, -0.05) is 25.2 Å². The van der Waals surface area contributed by atoms with Crippen molar-refractivity contribution in [1.29, 1.82) is 0 Å². The molecule has 0 saturated heterocycles. The van der Waals surface area contributed by atoms with E-state index >= 15 is 0 Å². The second-order valence-electron chi connectivity index (χ2n) is 3.51. The highest BCUT2D eigenvalue weighted by Crippen LogP contribution is 2.63. The lowest BCUT2D eigenvalue weighted by molar-refractivity contribution is 0.467. The van der Waals surface area contributed by atoms with Crippen molar-refractivity contribution < 1.29 is 4.57 Å². The van der Waals surface area contributed by atoms with Crippen LogP contribution < -0.4 is 0 Å². The highest BCUT2D eigenvalue weighted by atomic mass is 32.7. The summed E-state index contributed by atoms with van der Waals surface area (Å²) in [4.78, 5) is 0. The normalized spacial score (nSPS) is 15.4. The van der Waals surface area contributed by atoms with Crippen molar-refractivity contribution in [2.45, 2.75) is 25.5 Å². The minimum Gasteiger partial charge on any atom is -0.277 e. The van der Waals surface area contributed by atoms with Gasteiger partial charge in [-0.25, -0.2) is 9.34 Å². The van der Waals surface area contributed by atoms with Crippen LogP contribution in [0.1, 0.15) is 20.3 Å². The van der Waals surface area contributed by atoms with E-state index in [1.165, 1.54) is 0 Å². The Morgan fingerprint density at radius 1 is 1.23 bits per heavy atom. The maximum Gasteiger partial charge on any atom is 0.270 e. The van der Waals surface area contributed by atoms with Crippen molar-refractivity contribution in [3.63, 3.8) is 0 Å². The summed E-state index contributed by atoms with van der Waals surface area (Å²) in [6, 6.07) is 0. The molecule has 0 aliphatic heterocycles. The summed E-state index contributed by atoms with van der Waals surface area (Å²) in [6.07, 6.45) is 1.05. The van der Waals surface area contributed by atoms with Gasteiger partial charge in [0.05, 0.1) is 0 Å². The van der Waals surface area contributed by atoms with Gasteiger partial charge in [0.25, 0.3) is 6.65 Å². The first kappa shape index (κ1) is 13.5. The van der Waals surface area contributed by atoms with Crippen LogP contribution in [-0.2, 0) is 4.57 Å². The lowest BCUT2D eigenvalue weighted by atomic mass is 10.4. The van der Waals surface area contributed by atoms with Crippen LogP contribution in [0.5, 0.6) is 0 Å². The number of nitrogens with zero attached hydrogens (tertiary/aromatic N) is 2. The minimum absolute atomic E-state index is 0.440. The van der Waals surface area contributed by atoms with Crippen LogP contribution in [0.4, 0.5) is 0 Å². The van der Waals surface area contributed by atoms with Gasteiger partial charge in [0.2, 0.25) is 0 Å². The topological polar surface area (TPSA) is 23.6 Å². The summed E-state index contributed by atoms with van der Waals surface area (Å²) in [7, 11) is 7.48. The molecular formula is C8H21N2OPS. The summed E-state index contributed by atoms with van der Waals surface area (Å²) in [5.74, 6) is 0. The average molecular weight is 224 g/mol. The van der Waals surface area contributed by atoms with Crippen LogP contribution in [0.3, 0.4) is 0 Å². The van der Waals surface area contributed by atoms with Crippen molar-refractivity contribution in [2.24, 2.45) is 0 Å². The third-order valence-corrected chi connectivity index (χ3v) is 8.76. The van der Waals surface area contributed by atoms with Gasteiger partial charge in [0.1, 0.15) is 0 Å². The molecule has 13 heavy (non-hydrogen) atoms. The van der Waals surface area contributed by atoms with Crippen LogP contribution in [0.15, 0.2) is 0 Å². The Labute approximate surface area is 86.1 Å². The monoisotopic (exact) mass is 224 g/mol. The predicted molar refractivity (Wildman–Crippen MR) is 62.3 cm³/mol. The Kier molecular flexibility index (Phi) is 5.61. The van der Waals surface area contributed by atoms with Crippen molar-refractivity contribution in [3.8, 4) is 0 Å². The summed E-state index contributed by atoms with van der Waals surface area (Å²) in [5, 5.41) is 0.440. The van der Waals surface area contributed by atoms with E-state index in [4.69, 9.17) is 0 Å². The molecule has 0 aromatic rings. The van der Waals surface area contributed by atoms with Gasteiger partial charge in [-0.2, -0.15) is 0 Å². The first-order valence-corrected chi connectivity index (χ1v) is 7.58. The fourth-order valence-corrected chi connectivity index (χ4v) is 5.55. The Bertz CT molecular complexity index is 185. The van der Waals surface area contributed by atoms with Crippen molar-refractivity contribution in [3.05, 3.63) is 0 Å². The third-order valence-electron chi connectivity index (χ3n) is 1.90. The van der Waals surface area contributed by atoms with Crippen LogP contribution in [0.2, 0.25) is 0 Å². The van der Waals surface area contributed by atoms with E-state index in [1.54, 1.807) is 11.4 Å². The maximum atomic E-state index is 12.4. The molecule has 0 aliphatic carbocycles. The van der Waals surface area contributed by atoms with Crippen molar-refractivity contribution in [1.82, 2.24) is 9.34 Å². The van der Waals surface area contributed by atoms with Crippen LogP contribution >= 0.6 is 18.0 Å². The molecule has 0 spiro atoms. The molecule has 0 aliphatic rings. The van der Waals surface area contributed by atoms with Crippen molar-refractivity contribution in [2.75, 3.05) is 28.2 Å². The van der Waals surface area contributed by atoms with Crippen LogP contribution in [0, 0.1) is 0 Å². The van der Waals surface area contributed by atoms with Gasteiger partial charge in [-0.05, 0) is 34.6 Å². The summed E-state index contributed by atoms with van der Waals surface area (Å²) < 4.78 is 16.0. The largest absolute Gasteiger partial charge is 0.277 e. The smallest absolute Gasteiger partial charge is 0.270 e. The highest BCUT2D eigenvalue weighted by molar-refractivity contribution is 8.56. The SMILES string of the molecule is CCC(C)SP(=O)(N(C)C)N(C)C. The highest BCUT2D eigenvalue weighted by Gasteiger charge is 2.30. The molecule has 0 saturated carbocycles. The van der Waals surface area contributed by atoms with E-state index in [9.17, 15) is 4.57 Å². The zero-order chi connectivity index (χ0) is 10.6. The van der Waals surface area contributed by atoms with Crippen molar-refractivity contribution >= 4 is 18.0 Å². The number of rotatable bonds is 5. The van der Waals surface area contributed by atoms with E-state index < -0.39 is 6.65 Å². The molecule has 3 nitrogen and oxygen atoms in total. The fourth-order valence-electron chi connectivity index (χ4n) is 0.855. The molecule has 0 radical (unpaired) electrons. The van der Waals surface area contributed by atoms with Gasteiger partial charge in [0.15, 0.2) is 0 Å². The zero-order valence-corrected chi connectivity index (χ0v) is 11.2. The molecule has 0 rings (SSSR count). The van der Waals surface area contributed by atoms with Gasteiger partial charge in [-0.15, -0.1) is 0 Å². The molecule has 5 heteroatoms. The molecule has 80 valence electrons. The standard InChI is InChI=1S/C8H21N2OPS/c1-7-8(2)13-12(11,9(3)4)10(5)6/h8H,7H2,1-6H3. The number of hydrogen-bond donors (Lipinski definition) is 0. The van der Waals surface area contributed by atoms with Crippen LogP contribution in [-0.4, -0.2) is 42.8 Å². The Morgan fingerprint density at radius 2 is 1.62 bits per heavy atom. The summed E-state index contributed by atoms with van der Waals surface area (Å²) in [5.41, 5.74) is 0. The van der Waals surface area contributed by atoms with E-state index in [1.807, 2.05) is 37.5 Å². The first-order valence-electron chi connectivity index (χ1n) is 4.48. The van der Waals surface area contributed by atoms with Gasteiger partial charge in [0, 0.05) is 5.25 Å². The van der Waals surface area contributed by atoms with E-state index in [-0.39, 0.29) is 0 Å². The van der Waals surface area contributed by atoms with Gasteiger partial charge < -0.3 is 0 Å². The predicted octanol–water partition coefficient (Wildman–Crippen LogP) is 2.75. The van der Waals surface area contributed by atoms with Gasteiger partial charge in [-0.3, -0.25) is 4.57 Å². The summed E-state index contributed by atoms with van der Waals surface area (Å²) in [6.45, 7) is 1.88. The second-order valence-corrected chi connectivity index (χ2v) is 9.17. The molecular weight excluding hydrogens is 203 g/mol. The molecule has 0 aromatic heterocycles. The van der Waals surface area contributed by atoms with Gasteiger partial charge >= 0.3 is 0 Å². The Hall–Kier alpha value is 0.500. The van der Waals surface area contributed by atoms with E-state index in [2.05, 4.69) is 13.8 Å². The zero-order valence-electron chi connectivity index (χ0n) is 9.44. The van der Waals surface area contributed by atoms with E-state index in [0.717, 1.165) is 6.42 Å². The average Bonchev–Trinajstić information content (AvgIpc) is 2.03. The minimum atomic E-state index is -2.35. The third kappa shape index (κ3) is 3.62. The fraction of sp³-hybridized carbons (Fsp3) is 1.00. The molecule has 0 bridgehead atoms. The Balaban J connectivity index is 4.53. The molecule has 0 fully saturated rings.